The van der Waals surface area contributed by atoms with E-state index in [-0.39, 0.29) is 18.2 Å². The number of amidine groups is 1. The van der Waals surface area contributed by atoms with Crippen molar-refractivity contribution in [2.45, 2.75) is 6.92 Å². The van der Waals surface area contributed by atoms with E-state index in [4.69, 9.17) is 26.5 Å². The van der Waals surface area contributed by atoms with Gasteiger partial charge in [-0.15, -0.1) is 0 Å². The molecule has 2 rings (SSSR count). The number of benzene rings is 1. The SMILES string of the molecule is CCOC(=O)Nc1ccc(Cl)cc1/C(N)=N/NC(=O)c1ccco1. The number of rotatable bonds is 5. The summed E-state index contributed by atoms with van der Waals surface area (Å²) < 4.78 is 9.75. The molecule has 0 saturated carbocycles. The van der Waals surface area contributed by atoms with E-state index < -0.39 is 12.0 Å². The summed E-state index contributed by atoms with van der Waals surface area (Å²) in [7, 11) is 0. The number of nitrogens with one attached hydrogen (secondary N) is 2. The molecular weight excluding hydrogens is 336 g/mol. The third-order valence-electron chi connectivity index (χ3n) is 2.79. The van der Waals surface area contributed by atoms with Crippen LogP contribution in [0.3, 0.4) is 0 Å². The van der Waals surface area contributed by atoms with E-state index >= 15 is 0 Å². The van der Waals surface area contributed by atoms with Gasteiger partial charge in [-0.1, -0.05) is 11.6 Å². The molecule has 2 aromatic rings. The Morgan fingerprint density at radius 1 is 1.38 bits per heavy atom. The van der Waals surface area contributed by atoms with Gasteiger partial charge in [-0.05, 0) is 37.3 Å². The zero-order valence-electron chi connectivity index (χ0n) is 12.7. The second-order valence-electron chi connectivity index (χ2n) is 4.45. The maximum Gasteiger partial charge on any atom is 0.411 e. The summed E-state index contributed by atoms with van der Waals surface area (Å²) in [6.07, 6.45) is 0.717. The molecule has 9 heteroatoms. The Balaban J connectivity index is 2.19. The van der Waals surface area contributed by atoms with Crippen molar-refractivity contribution in [2.75, 3.05) is 11.9 Å². The van der Waals surface area contributed by atoms with E-state index in [0.717, 1.165) is 0 Å². The highest BCUT2D eigenvalue weighted by Gasteiger charge is 2.13. The Hall–Kier alpha value is -3.00. The van der Waals surface area contributed by atoms with E-state index in [1.54, 1.807) is 25.1 Å². The van der Waals surface area contributed by atoms with Crippen molar-refractivity contribution in [3.8, 4) is 0 Å². The Bertz CT molecular complexity index is 759. The molecule has 0 aliphatic carbocycles. The molecule has 8 nitrogen and oxygen atoms in total. The number of hydrazone groups is 1. The zero-order valence-corrected chi connectivity index (χ0v) is 13.5. The predicted molar refractivity (Wildman–Crippen MR) is 89.0 cm³/mol. The standard InChI is InChI=1S/C15H15ClN4O4/c1-2-23-15(22)18-11-6-5-9(16)8-10(11)13(17)19-20-14(21)12-4-3-7-24-12/h3-8H,2H2,1H3,(H2,17,19)(H,18,22)(H,20,21). The Kier molecular flexibility index (Phi) is 5.80. The van der Waals surface area contributed by atoms with Crippen molar-refractivity contribution < 1.29 is 18.7 Å². The van der Waals surface area contributed by atoms with Gasteiger partial charge in [0.2, 0.25) is 0 Å². The number of carbonyl (C=O) groups excluding carboxylic acids is 2. The average Bonchev–Trinajstić information content (AvgIpc) is 3.08. The van der Waals surface area contributed by atoms with Crippen molar-refractivity contribution in [1.82, 2.24) is 5.43 Å². The van der Waals surface area contributed by atoms with Crippen molar-refractivity contribution in [1.29, 1.82) is 0 Å². The van der Waals surface area contributed by atoms with Gasteiger partial charge >= 0.3 is 12.0 Å². The molecule has 0 atom stereocenters. The molecule has 2 amide bonds. The third kappa shape index (κ3) is 4.50. The number of ether oxygens (including phenoxy) is 1. The van der Waals surface area contributed by atoms with E-state index in [1.165, 1.54) is 18.4 Å². The summed E-state index contributed by atoms with van der Waals surface area (Å²) in [4.78, 5) is 23.3. The van der Waals surface area contributed by atoms with Gasteiger partial charge in [0.25, 0.3) is 0 Å². The summed E-state index contributed by atoms with van der Waals surface area (Å²) in [6.45, 7) is 1.90. The first-order valence-electron chi connectivity index (χ1n) is 6.92. The molecule has 0 unspecified atom stereocenters. The fourth-order valence-electron chi connectivity index (χ4n) is 1.75. The first-order chi connectivity index (χ1) is 11.5. The molecule has 24 heavy (non-hydrogen) atoms. The zero-order chi connectivity index (χ0) is 17.5. The largest absolute Gasteiger partial charge is 0.459 e. The molecule has 1 aromatic carbocycles. The molecular formula is C15H15ClN4O4. The van der Waals surface area contributed by atoms with Crippen LogP contribution in [-0.2, 0) is 4.74 Å². The van der Waals surface area contributed by atoms with Gasteiger partial charge in [0, 0.05) is 10.6 Å². The number of hydrogen-bond donors (Lipinski definition) is 3. The van der Waals surface area contributed by atoms with E-state index in [1.807, 2.05) is 0 Å². The lowest BCUT2D eigenvalue weighted by Gasteiger charge is -2.11. The van der Waals surface area contributed by atoms with Crippen molar-refractivity contribution in [3.05, 3.63) is 52.9 Å². The van der Waals surface area contributed by atoms with Crippen LogP contribution in [0.2, 0.25) is 5.02 Å². The minimum atomic E-state index is -0.645. The number of furan rings is 1. The van der Waals surface area contributed by atoms with Crippen molar-refractivity contribution in [2.24, 2.45) is 10.8 Å². The Morgan fingerprint density at radius 3 is 2.83 bits per heavy atom. The van der Waals surface area contributed by atoms with Crippen LogP contribution < -0.4 is 16.5 Å². The van der Waals surface area contributed by atoms with Gasteiger partial charge in [0.1, 0.15) is 0 Å². The predicted octanol–water partition coefficient (Wildman–Crippen LogP) is 2.55. The second-order valence-corrected chi connectivity index (χ2v) is 4.89. The van der Waals surface area contributed by atoms with Crippen molar-refractivity contribution >= 4 is 35.1 Å². The van der Waals surface area contributed by atoms with E-state index in [9.17, 15) is 9.59 Å². The maximum absolute atomic E-state index is 11.8. The number of nitrogens with zero attached hydrogens (tertiary/aromatic N) is 1. The third-order valence-corrected chi connectivity index (χ3v) is 3.03. The maximum atomic E-state index is 11.8. The van der Waals surface area contributed by atoms with Crippen LogP contribution in [0.5, 0.6) is 0 Å². The average molecular weight is 351 g/mol. The summed E-state index contributed by atoms with van der Waals surface area (Å²) >= 11 is 5.95. The monoisotopic (exact) mass is 350 g/mol. The molecule has 0 saturated heterocycles. The van der Waals surface area contributed by atoms with Gasteiger partial charge in [-0.2, -0.15) is 5.10 Å². The van der Waals surface area contributed by atoms with E-state index in [0.29, 0.717) is 16.3 Å². The summed E-state index contributed by atoms with van der Waals surface area (Å²) in [5.74, 6) is -0.531. The first kappa shape index (κ1) is 17.4. The molecule has 126 valence electrons. The lowest BCUT2D eigenvalue weighted by atomic mass is 10.1. The van der Waals surface area contributed by atoms with Crippen molar-refractivity contribution in [3.63, 3.8) is 0 Å². The van der Waals surface area contributed by atoms with Crippen LogP contribution in [0.15, 0.2) is 46.1 Å². The molecule has 0 spiro atoms. The van der Waals surface area contributed by atoms with Crippen LogP contribution in [0, 0.1) is 0 Å². The summed E-state index contributed by atoms with van der Waals surface area (Å²) in [5.41, 5.74) is 8.79. The lowest BCUT2D eigenvalue weighted by Crippen LogP contribution is -2.25. The number of anilines is 1. The van der Waals surface area contributed by atoms with Gasteiger partial charge in [0.15, 0.2) is 11.6 Å². The number of amides is 2. The molecule has 0 aliphatic heterocycles. The van der Waals surface area contributed by atoms with Crippen LogP contribution in [0.4, 0.5) is 10.5 Å². The number of halogens is 1. The van der Waals surface area contributed by atoms with Gasteiger partial charge in [-0.3, -0.25) is 10.1 Å². The topological polar surface area (TPSA) is 119 Å². The number of hydrogen-bond acceptors (Lipinski definition) is 5. The van der Waals surface area contributed by atoms with Gasteiger partial charge < -0.3 is 14.9 Å². The number of nitrogens with two attached hydrogens (primary N) is 1. The normalized spacial score (nSPS) is 11.0. The summed E-state index contributed by atoms with van der Waals surface area (Å²) in [5, 5.41) is 6.70. The van der Waals surface area contributed by atoms with Crippen LogP contribution >= 0.6 is 11.6 Å². The highest BCUT2D eigenvalue weighted by molar-refractivity contribution is 6.31. The van der Waals surface area contributed by atoms with Gasteiger partial charge in [0.05, 0.1) is 18.6 Å². The highest BCUT2D eigenvalue weighted by atomic mass is 35.5. The Labute approximate surface area is 142 Å². The quantitative estimate of drug-likeness (QED) is 0.435. The molecule has 0 radical (unpaired) electrons. The lowest BCUT2D eigenvalue weighted by molar-refractivity contribution is 0.0927. The van der Waals surface area contributed by atoms with E-state index in [2.05, 4.69) is 15.8 Å². The van der Waals surface area contributed by atoms with Crippen LogP contribution in [0.1, 0.15) is 23.0 Å². The molecule has 0 aliphatic rings. The fourth-order valence-corrected chi connectivity index (χ4v) is 1.92. The minimum absolute atomic E-state index is 0.0517. The number of carbonyl (C=O) groups is 2. The minimum Gasteiger partial charge on any atom is -0.459 e. The molecule has 0 fully saturated rings. The second kappa shape index (κ2) is 8.02. The fraction of sp³-hybridized carbons (Fsp3) is 0.133. The van der Waals surface area contributed by atoms with Gasteiger partial charge in [-0.25, -0.2) is 10.2 Å². The van der Waals surface area contributed by atoms with Crippen LogP contribution in [-0.4, -0.2) is 24.4 Å². The summed E-state index contributed by atoms with van der Waals surface area (Å²) in [6, 6.07) is 7.67. The molecule has 1 heterocycles. The van der Waals surface area contributed by atoms with Crippen LogP contribution in [0.25, 0.3) is 0 Å². The smallest absolute Gasteiger partial charge is 0.411 e. The highest BCUT2D eigenvalue weighted by Crippen LogP contribution is 2.20. The molecule has 4 N–H and O–H groups in total. The molecule has 0 bridgehead atoms. The Morgan fingerprint density at radius 2 is 2.17 bits per heavy atom. The first-order valence-corrected chi connectivity index (χ1v) is 7.29. The molecule has 1 aromatic heterocycles.